The van der Waals surface area contributed by atoms with E-state index in [1.54, 1.807) is 17.0 Å². The number of aromatic nitrogens is 3. The van der Waals surface area contributed by atoms with Crippen molar-refractivity contribution >= 4 is 29.3 Å². The molecule has 1 saturated heterocycles. The van der Waals surface area contributed by atoms with Crippen molar-refractivity contribution in [3.05, 3.63) is 39.3 Å². The van der Waals surface area contributed by atoms with Gasteiger partial charge in [0.25, 0.3) is 0 Å². The quantitative estimate of drug-likeness (QED) is 0.784. The molecule has 1 amide bonds. The number of carbonyl (C=O) groups is 1. The monoisotopic (exact) mass is 372 g/mol. The number of rotatable bonds is 2. The zero-order chi connectivity index (χ0) is 17.8. The zero-order valence-corrected chi connectivity index (χ0v) is 14.8. The first-order chi connectivity index (χ1) is 12.6. The molecule has 9 heteroatoms. The third-order valence-corrected chi connectivity index (χ3v) is 5.32. The highest BCUT2D eigenvalue weighted by molar-refractivity contribution is 6.31. The van der Waals surface area contributed by atoms with Crippen LogP contribution in [0.25, 0.3) is 5.69 Å². The van der Waals surface area contributed by atoms with E-state index in [-0.39, 0.29) is 18.1 Å². The van der Waals surface area contributed by atoms with Gasteiger partial charge >= 0.3 is 5.69 Å². The molecule has 3 aliphatic heterocycles. The van der Waals surface area contributed by atoms with E-state index in [0.717, 1.165) is 37.3 Å². The molecule has 2 aromatic rings. The number of likely N-dealkylation sites (tertiary alicyclic amines) is 1. The second kappa shape index (κ2) is 5.70. The fraction of sp³-hybridized carbons (Fsp3) is 0.412. The summed E-state index contributed by atoms with van der Waals surface area (Å²) in [7, 11) is 0. The number of benzene rings is 1. The van der Waals surface area contributed by atoms with Crippen LogP contribution in [-0.2, 0) is 11.3 Å². The molecule has 0 spiro atoms. The van der Waals surface area contributed by atoms with Crippen molar-refractivity contribution in [1.29, 1.82) is 0 Å². The molecule has 5 rings (SSSR count). The fourth-order valence-corrected chi connectivity index (χ4v) is 4.00. The van der Waals surface area contributed by atoms with Gasteiger partial charge in [0.15, 0.2) is 0 Å². The van der Waals surface area contributed by atoms with Gasteiger partial charge in [0.2, 0.25) is 11.9 Å². The third-order valence-electron chi connectivity index (χ3n) is 5.09. The van der Waals surface area contributed by atoms with E-state index in [9.17, 15) is 9.59 Å². The minimum absolute atomic E-state index is 0.0466. The van der Waals surface area contributed by atoms with Crippen LogP contribution in [0, 0.1) is 0 Å². The van der Waals surface area contributed by atoms with Gasteiger partial charge in [-0.15, -0.1) is 5.10 Å². The van der Waals surface area contributed by atoms with Crippen molar-refractivity contribution in [3.8, 4) is 5.69 Å². The SMILES string of the molecule is O=C(Cn1nc2n(c1=O)-c1cc(Cl)ccc1C1=NCCN12)N1CCCC1. The number of fused-ring (bicyclic) bond motifs is 6. The molecule has 4 heterocycles. The highest BCUT2D eigenvalue weighted by Crippen LogP contribution is 2.31. The predicted molar refractivity (Wildman–Crippen MR) is 97.4 cm³/mol. The van der Waals surface area contributed by atoms with E-state index in [1.807, 2.05) is 11.0 Å². The Morgan fingerprint density at radius 3 is 2.81 bits per heavy atom. The van der Waals surface area contributed by atoms with Gasteiger partial charge in [-0.3, -0.25) is 14.7 Å². The van der Waals surface area contributed by atoms with Gasteiger partial charge in [0.1, 0.15) is 12.4 Å². The van der Waals surface area contributed by atoms with E-state index >= 15 is 0 Å². The van der Waals surface area contributed by atoms with Gasteiger partial charge in [0, 0.05) is 30.2 Å². The molecule has 26 heavy (non-hydrogen) atoms. The van der Waals surface area contributed by atoms with Gasteiger partial charge in [0.05, 0.1) is 12.2 Å². The Balaban J connectivity index is 1.61. The average molecular weight is 373 g/mol. The lowest BCUT2D eigenvalue weighted by atomic mass is 10.1. The zero-order valence-electron chi connectivity index (χ0n) is 14.1. The van der Waals surface area contributed by atoms with Gasteiger partial charge in [-0.2, -0.15) is 0 Å². The summed E-state index contributed by atoms with van der Waals surface area (Å²) in [5, 5.41) is 4.99. The number of amides is 1. The number of aliphatic imine (C=N–C) groups is 1. The van der Waals surface area contributed by atoms with E-state index in [1.165, 1.54) is 9.25 Å². The Bertz CT molecular complexity index is 1000. The van der Waals surface area contributed by atoms with Gasteiger partial charge in [-0.05, 0) is 31.0 Å². The topological polar surface area (TPSA) is 75.7 Å². The van der Waals surface area contributed by atoms with Crippen molar-refractivity contribution in [2.75, 3.05) is 31.1 Å². The Morgan fingerprint density at radius 1 is 1.19 bits per heavy atom. The fourth-order valence-electron chi connectivity index (χ4n) is 3.83. The lowest BCUT2D eigenvalue weighted by Gasteiger charge is -2.26. The summed E-state index contributed by atoms with van der Waals surface area (Å²) in [6.45, 7) is 2.76. The maximum absolute atomic E-state index is 13.0. The van der Waals surface area contributed by atoms with Gasteiger partial charge < -0.3 is 4.90 Å². The highest BCUT2D eigenvalue weighted by Gasteiger charge is 2.35. The summed E-state index contributed by atoms with van der Waals surface area (Å²) >= 11 is 6.16. The molecule has 134 valence electrons. The molecular formula is C17H17ClN6O2. The summed E-state index contributed by atoms with van der Waals surface area (Å²) < 4.78 is 2.78. The summed E-state index contributed by atoms with van der Waals surface area (Å²) in [5.41, 5.74) is 1.18. The summed E-state index contributed by atoms with van der Waals surface area (Å²) in [4.78, 5) is 33.7. The molecule has 0 bridgehead atoms. The molecule has 0 N–H and O–H groups in total. The number of anilines is 1. The van der Waals surface area contributed by atoms with Gasteiger partial charge in [-0.25, -0.2) is 14.0 Å². The summed E-state index contributed by atoms with van der Waals surface area (Å²) in [6.07, 6.45) is 2.03. The number of hydrogen-bond acceptors (Lipinski definition) is 5. The van der Waals surface area contributed by atoms with Crippen molar-refractivity contribution in [1.82, 2.24) is 19.2 Å². The maximum atomic E-state index is 13.0. The summed E-state index contributed by atoms with van der Waals surface area (Å²) in [5.74, 6) is 1.23. The summed E-state index contributed by atoms with van der Waals surface area (Å²) in [6, 6.07) is 5.40. The van der Waals surface area contributed by atoms with Crippen LogP contribution in [0.5, 0.6) is 0 Å². The van der Waals surface area contributed by atoms with E-state index < -0.39 is 0 Å². The second-order valence-electron chi connectivity index (χ2n) is 6.68. The first-order valence-electron chi connectivity index (χ1n) is 8.73. The molecule has 0 saturated carbocycles. The number of nitrogens with zero attached hydrogens (tertiary/aromatic N) is 6. The smallest absolute Gasteiger partial charge is 0.341 e. The van der Waals surface area contributed by atoms with Crippen LogP contribution in [0.2, 0.25) is 5.02 Å². The number of halogens is 1. The molecule has 0 radical (unpaired) electrons. The van der Waals surface area contributed by atoms with Crippen LogP contribution in [0.3, 0.4) is 0 Å². The molecule has 0 atom stereocenters. The Morgan fingerprint density at radius 2 is 2.00 bits per heavy atom. The first kappa shape index (κ1) is 15.6. The third kappa shape index (κ3) is 2.21. The molecule has 8 nitrogen and oxygen atoms in total. The van der Waals surface area contributed by atoms with Crippen molar-refractivity contribution in [3.63, 3.8) is 0 Å². The predicted octanol–water partition coefficient (Wildman–Crippen LogP) is 0.890. The lowest BCUT2D eigenvalue weighted by Crippen LogP contribution is -2.38. The number of hydrogen-bond donors (Lipinski definition) is 0. The van der Waals surface area contributed by atoms with E-state index in [4.69, 9.17) is 11.6 Å². The number of amidine groups is 1. The molecule has 3 aliphatic rings. The van der Waals surface area contributed by atoms with Crippen molar-refractivity contribution in [2.24, 2.45) is 4.99 Å². The minimum Gasteiger partial charge on any atom is -0.341 e. The van der Waals surface area contributed by atoms with Crippen LogP contribution in [-0.4, -0.2) is 57.2 Å². The Kier molecular flexibility index (Phi) is 3.43. The van der Waals surface area contributed by atoms with Crippen LogP contribution < -0.4 is 10.6 Å². The molecule has 1 aromatic carbocycles. The normalized spacial score (nSPS) is 17.8. The van der Waals surface area contributed by atoms with Crippen LogP contribution in [0.1, 0.15) is 18.4 Å². The molecule has 0 aliphatic carbocycles. The van der Waals surface area contributed by atoms with Crippen molar-refractivity contribution < 1.29 is 4.79 Å². The Hall–Kier alpha value is -2.61. The largest absolute Gasteiger partial charge is 0.352 e. The Labute approximate surface area is 154 Å². The molecule has 1 fully saturated rings. The van der Waals surface area contributed by atoms with Gasteiger partial charge in [-0.1, -0.05) is 11.6 Å². The molecular weight excluding hydrogens is 356 g/mol. The van der Waals surface area contributed by atoms with E-state index in [2.05, 4.69) is 10.1 Å². The van der Waals surface area contributed by atoms with E-state index in [0.29, 0.717) is 29.7 Å². The first-order valence-corrected chi connectivity index (χ1v) is 9.11. The minimum atomic E-state index is -0.331. The van der Waals surface area contributed by atoms with Crippen LogP contribution in [0.4, 0.5) is 5.95 Å². The standard InChI is InChI=1S/C17H17ClN6O2/c18-11-3-4-12-13(9-11)24-16(22-8-5-19-15(12)22)20-23(17(24)26)10-14(25)21-6-1-2-7-21/h3-4,9H,1-2,5-8,10H2. The van der Waals surface area contributed by atoms with Crippen LogP contribution >= 0.6 is 11.6 Å². The van der Waals surface area contributed by atoms with Crippen molar-refractivity contribution in [2.45, 2.75) is 19.4 Å². The highest BCUT2D eigenvalue weighted by atomic mass is 35.5. The lowest BCUT2D eigenvalue weighted by molar-refractivity contribution is -0.131. The molecule has 0 unspecified atom stereocenters. The maximum Gasteiger partial charge on any atom is 0.352 e. The second-order valence-corrected chi connectivity index (χ2v) is 7.12. The molecule has 1 aromatic heterocycles. The average Bonchev–Trinajstić information content (AvgIpc) is 3.35. The number of carbonyl (C=O) groups excluding carboxylic acids is 1. The van der Waals surface area contributed by atoms with Crippen LogP contribution in [0.15, 0.2) is 28.0 Å².